The van der Waals surface area contributed by atoms with E-state index in [9.17, 15) is 0 Å². The van der Waals surface area contributed by atoms with Crippen molar-refractivity contribution in [1.29, 1.82) is 0 Å². The van der Waals surface area contributed by atoms with Crippen molar-refractivity contribution in [2.75, 3.05) is 6.54 Å². The lowest BCUT2D eigenvalue weighted by molar-refractivity contribution is 0.113. The second-order valence-electron chi connectivity index (χ2n) is 1.42. The predicted molar refractivity (Wildman–Crippen MR) is 29.9 cm³/mol. The number of hydrogen-bond donors (Lipinski definition) is 5. The average Bonchev–Trinajstić information content (AvgIpc) is 1.85. The van der Waals surface area contributed by atoms with Gasteiger partial charge < -0.3 is 10.3 Å². The van der Waals surface area contributed by atoms with Crippen LogP contribution in [0.4, 0.5) is 0 Å². The number of rotatable bonds is 4. The van der Waals surface area contributed by atoms with Gasteiger partial charge in [0.05, 0.1) is 12.6 Å². The first-order chi connectivity index (χ1) is 4.31. The Labute approximate surface area is 52.5 Å². The lowest BCUT2D eigenvalue weighted by Gasteiger charge is -2.00. The predicted octanol–water partition coefficient (Wildman–Crippen LogP) is -1.18. The molecule has 0 bridgehead atoms. The molecule has 0 aliphatic rings. The van der Waals surface area contributed by atoms with Gasteiger partial charge in [-0.05, 0) is 6.08 Å². The maximum Gasteiger partial charge on any atom is 0.0886 e. The lowest BCUT2D eigenvalue weighted by Crippen LogP contribution is -2.22. The van der Waals surface area contributed by atoms with Crippen molar-refractivity contribution < 1.29 is 15.5 Å². The summed E-state index contributed by atoms with van der Waals surface area (Å²) < 4.78 is 0. The van der Waals surface area contributed by atoms with Crippen LogP contribution in [0, 0.1) is 0 Å². The molecule has 0 saturated carbocycles. The van der Waals surface area contributed by atoms with Gasteiger partial charge in [0.1, 0.15) is 0 Å². The van der Waals surface area contributed by atoms with E-state index >= 15 is 0 Å². The Balaban J connectivity index is 3.25. The Hall–Kier alpha value is -0.620. The van der Waals surface area contributed by atoms with Crippen LogP contribution in [0.1, 0.15) is 0 Å². The third kappa shape index (κ3) is 5.25. The molecule has 5 N–H and O–H groups in total. The molecule has 0 aliphatic heterocycles. The molecule has 0 heterocycles. The Kier molecular flexibility index (Phi) is 5.14. The molecule has 0 spiro atoms. The van der Waals surface area contributed by atoms with Crippen molar-refractivity contribution in [3.8, 4) is 0 Å². The van der Waals surface area contributed by atoms with E-state index in [2.05, 4.69) is 0 Å². The minimum absolute atomic E-state index is 0.0399. The molecule has 1 unspecified atom stereocenters. The molecule has 0 aromatic carbocycles. The molecule has 0 rings (SSSR count). The quantitative estimate of drug-likeness (QED) is 0.312. The highest BCUT2D eigenvalue weighted by atomic mass is 16.5. The van der Waals surface area contributed by atoms with Crippen molar-refractivity contribution in [3.05, 3.63) is 12.3 Å². The minimum Gasteiger partial charge on any atom is -0.388 e. The monoisotopic (exact) mass is 134 g/mol. The van der Waals surface area contributed by atoms with Gasteiger partial charge in [0.15, 0.2) is 0 Å². The van der Waals surface area contributed by atoms with E-state index in [1.807, 2.05) is 0 Å². The summed E-state index contributed by atoms with van der Waals surface area (Å²) in [5.74, 6) is 0. The van der Waals surface area contributed by atoms with Gasteiger partial charge in [-0.15, -0.1) is 0 Å². The van der Waals surface area contributed by atoms with Gasteiger partial charge in [0.2, 0.25) is 0 Å². The second-order valence-corrected chi connectivity index (χ2v) is 1.42. The van der Waals surface area contributed by atoms with Crippen LogP contribution in [0.5, 0.6) is 0 Å². The SMILES string of the molecule is ON/C=C/C(O)CNO. The van der Waals surface area contributed by atoms with Gasteiger partial charge >= 0.3 is 0 Å². The van der Waals surface area contributed by atoms with Crippen molar-refractivity contribution in [2.24, 2.45) is 0 Å². The van der Waals surface area contributed by atoms with Gasteiger partial charge in [-0.25, -0.2) is 5.48 Å². The van der Waals surface area contributed by atoms with Crippen molar-refractivity contribution >= 4 is 0 Å². The van der Waals surface area contributed by atoms with Crippen LogP contribution in [-0.2, 0) is 0 Å². The van der Waals surface area contributed by atoms with E-state index in [0.717, 1.165) is 6.20 Å². The Morgan fingerprint density at radius 1 is 1.44 bits per heavy atom. The molecule has 5 heteroatoms. The molecule has 0 radical (unpaired) electrons. The molecule has 9 heavy (non-hydrogen) atoms. The standard InChI is InChI=1S/C4H10N2O3/c7-4(3-6-9)1-2-5-8/h1-2,4-9H,3H2/b2-1+. The maximum atomic E-state index is 8.72. The fourth-order valence-corrected chi connectivity index (χ4v) is 0.316. The highest BCUT2D eigenvalue weighted by molar-refractivity contribution is 4.85. The minimum atomic E-state index is -0.797. The smallest absolute Gasteiger partial charge is 0.0886 e. The second kappa shape index (κ2) is 5.52. The third-order valence-corrected chi connectivity index (χ3v) is 0.693. The van der Waals surface area contributed by atoms with Gasteiger partial charge in [-0.3, -0.25) is 10.7 Å². The van der Waals surface area contributed by atoms with E-state index in [4.69, 9.17) is 15.5 Å². The first kappa shape index (κ1) is 8.38. The van der Waals surface area contributed by atoms with E-state index in [0.29, 0.717) is 0 Å². The summed E-state index contributed by atoms with van der Waals surface area (Å²) in [6, 6.07) is 0. The summed E-state index contributed by atoms with van der Waals surface area (Å²) in [4.78, 5) is 0. The van der Waals surface area contributed by atoms with E-state index in [1.54, 1.807) is 11.0 Å². The van der Waals surface area contributed by atoms with Gasteiger partial charge in [0.25, 0.3) is 0 Å². The summed E-state index contributed by atoms with van der Waals surface area (Å²) in [5, 5.41) is 24.7. The first-order valence-corrected chi connectivity index (χ1v) is 2.42. The van der Waals surface area contributed by atoms with E-state index < -0.39 is 6.10 Å². The molecule has 0 fully saturated rings. The maximum absolute atomic E-state index is 8.72. The molecule has 0 aromatic heterocycles. The fraction of sp³-hybridized carbons (Fsp3) is 0.500. The van der Waals surface area contributed by atoms with Crippen LogP contribution < -0.4 is 11.0 Å². The van der Waals surface area contributed by atoms with Crippen LogP contribution in [0.2, 0.25) is 0 Å². The summed E-state index contributed by atoms with van der Waals surface area (Å²) in [7, 11) is 0. The number of aliphatic hydroxyl groups excluding tert-OH is 1. The summed E-state index contributed by atoms with van der Waals surface area (Å²) in [6.07, 6.45) is 1.64. The molecule has 5 nitrogen and oxygen atoms in total. The lowest BCUT2D eigenvalue weighted by atomic mass is 10.3. The highest BCUT2D eigenvalue weighted by Crippen LogP contribution is 1.79. The summed E-state index contributed by atoms with van der Waals surface area (Å²) in [5.41, 5.74) is 3.47. The molecular formula is C4H10N2O3. The van der Waals surface area contributed by atoms with Gasteiger partial charge in [-0.2, -0.15) is 0 Å². The third-order valence-electron chi connectivity index (χ3n) is 0.693. The molecule has 0 amide bonds. The molecule has 0 saturated heterocycles. The zero-order chi connectivity index (χ0) is 7.11. The van der Waals surface area contributed by atoms with Crippen LogP contribution in [-0.4, -0.2) is 28.2 Å². The topological polar surface area (TPSA) is 84.8 Å². The van der Waals surface area contributed by atoms with Crippen LogP contribution in [0.25, 0.3) is 0 Å². The number of hydrogen-bond acceptors (Lipinski definition) is 5. The van der Waals surface area contributed by atoms with Crippen LogP contribution in [0.15, 0.2) is 12.3 Å². The summed E-state index contributed by atoms with van der Waals surface area (Å²) >= 11 is 0. The molecular weight excluding hydrogens is 124 g/mol. The Morgan fingerprint density at radius 3 is 2.56 bits per heavy atom. The Bertz CT molecular complexity index is 85.9. The zero-order valence-corrected chi connectivity index (χ0v) is 4.78. The number of aliphatic hydroxyl groups is 1. The first-order valence-electron chi connectivity index (χ1n) is 2.42. The number of nitrogens with one attached hydrogen (secondary N) is 2. The van der Waals surface area contributed by atoms with Crippen molar-refractivity contribution in [1.82, 2.24) is 11.0 Å². The largest absolute Gasteiger partial charge is 0.388 e. The van der Waals surface area contributed by atoms with E-state index in [-0.39, 0.29) is 6.54 Å². The van der Waals surface area contributed by atoms with Crippen LogP contribution >= 0.6 is 0 Å². The molecule has 1 atom stereocenters. The molecule has 0 aromatic rings. The van der Waals surface area contributed by atoms with Crippen molar-refractivity contribution in [2.45, 2.75) is 6.10 Å². The summed E-state index contributed by atoms with van der Waals surface area (Å²) in [6.45, 7) is 0.0399. The molecule has 0 aliphatic carbocycles. The van der Waals surface area contributed by atoms with Gasteiger partial charge in [-0.1, -0.05) is 0 Å². The molecule has 54 valence electrons. The fourth-order valence-electron chi connectivity index (χ4n) is 0.316. The highest BCUT2D eigenvalue weighted by Gasteiger charge is 1.93. The average molecular weight is 134 g/mol. The van der Waals surface area contributed by atoms with E-state index in [1.165, 1.54) is 6.08 Å². The number of hydroxylamine groups is 2. The Morgan fingerprint density at radius 2 is 2.11 bits per heavy atom. The van der Waals surface area contributed by atoms with Gasteiger partial charge in [0, 0.05) is 6.20 Å². The van der Waals surface area contributed by atoms with Crippen molar-refractivity contribution in [3.63, 3.8) is 0 Å². The van der Waals surface area contributed by atoms with Crippen LogP contribution in [0.3, 0.4) is 0 Å². The normalized spacial score (nSPS) is 14.1. The zero-order valence-electron chi connectivity index (χ0n) is 4.78.